The average Bonchev–Trinajstić information content (AvgIpc) is 2.98. The number of H-pyrrole nitrogens is 1. The number of sulfonamides is 1. The van der Waals surface area contributed by atoms with Crippen LogP contribution in [0.25, 0.3) is 0 Å². The van der Waals surface area contributed by atoms with Gasteiger partial charge < -0.3 is 10.3 Å². The number of benzene rings is 1. The molecule has 0 aliphatic rings. The van der Waals surface area contributed by atoms with Gasteiger partial charge in [0.05, 0.1) is 9.82 Å². The minimum absolute atomic E-state index is 0.0569. The highest BCUT2D eigenvalue weighted by Gasteiger charge is 2.17. The molecule has 9 nitrogen and oxygen atoms in total. The van der Waals surface area contributed by atoms with Crippen LogP contribution in [0.4, 0.5) is 5.69 Å². The van der Waals surface area contributed by atoms with E-state index in [1.807, 2.05) is 0 Å². The first kappa shape index (κ1) is 18.1. The van der Waals surface area contributed by atoms with Gasteiger partial charge in [0, 0.05) is 35.9 Å². The summed E-state index contributed by atoms with van der Waals surface area (Å²) in [5.74, 6) is -0.379. The number of rotatable bonds is 7. The number of nitro benzene ring substituents is 1. The summed E-state index contributed by atoms with van der Waals surface area (Å²) in [6, 6.07) is 6.30. The predicted molar refractivity (Wildman–Crippen MR) is 89.1 cm³/mol. The van der Waals surface area contributed by atoms with Crippen molar-refractivity contribution in [3.05, 3.63) is 56.8 Å². The second-order valence-electron chi connectivity index (χ2n) is 4.64. The van der Waals surface area contributed by atoms with Crippen LogP contribution in [0.15, 0.2) is 45.9 Å². The number of hydrogen-bond donors (Lipinski definition) is 3. The summed E-state index contributed by atoms with van der Waals surface area (Å²) >= 11 is 3.20. The molecule has 0 atom stereocenters. The number of aromatic amines is 1. The average molecular weight is 417 g/mol. The van der Waals surface area contributed by atoms with Gasteiger partial charge in [0.25, 0.3) is 11.6 Å². The molecule has 0 bridgehead atoms. The number of nitrogens with zero attached hydrogens (tertiary/aromatic N) is 1. The Morgan fingerprint density at radius 2 is 2.04 bits per heavy atom. The van der Waals surface area contributed by atoms with Crippen LogP contribution >= 0.6 is 15.9 Å². The van der Waals surface area contributed by atoms with E-state index in [-0.39, 0.29) is 29.6 Å². The van der Waals surface area contributed by atoms with E-state index in [0.717, 1.165) is 10.5 Å². The number of carbonyl (C=O) groups excluding carboxylic acids is 1. The molecule has 0 fully saturated rings. The standard InChI is InChI=1S/C13H13BrN4O5S/c14-9-6-12(16-8-9)13(19)15-4-5-17-24(22,23)11-3-1-2-10(7-11)18(20)21/h1-3,6-8,16-17H,4-5H2,(H,15,19). The van der Waals surface area contributed by atoms with Crippen LogP contribution in [0.1, 0.15) is 10.5 Å². The summed E-state index contributed by atoms with van der Waals surface area (Å²) in [6.45, 7) is 0.00225. The van der Waals surface area contributed by atoms with E-state index in [4.69, 9.17) is 0 Å². The molecule has 2 rings (SSSR count). The third-order valence-corrected chi connectivity index (χ3v) is 4.85. The molecule has 0 saturated carbocycles. The molecular weight excluding hydrogens is 404 g/mol. The first-order valence-corrected chi connectivity index (χ1v) is 8.93. The van der Waals surface area contributed by atoms with E-state index >= 15 is 0 Å². The smallest absolute Gasteiger partial charge is 0.270 e. The molecule has 11 heteroatoms. The first-order chi connectivity index (χ1) is 11.3. The Bertz CT molecular complexity index is 865. The minimum atomic E-state index is -3.90. The van der Waals surface area contributed by atoms with Gasteiger partial charge in [0.1, 0.15) is 5.69 Å². The van der Waals surface area contributed by atoms with Crippen LogP contribution in [-0.4, -0.2) is 37.3 Å². The molecule has 0 radical (unpaired) electrons. The Labute approximate surface area is 145 Å². The van der Waals surface area contributed by atoms with Crippen molar-refractivity contribution in [1.82, 2.24) is 15.0 Å². The monoisotopic (exact) mass is 416 g/mol. The molecule has 3 N–H and O–H groups in total. The third kappa shape index (κ3) is 4.63. The fourth-order valence-corrected chi connectivity index (χ4v) is 3.22. The lowest BCUT2D eigenvalue weighted by Gasteiger charge is -2.07. The third-order valence-electron chi connectivity index (χ3n) is 2.93. The highest BCUT2D eigenvalue weighted by molar-refractivity contribution is 9.10. The Morgan fingerprint density at radius 1 is 1.29 bits per heavy atom. The second-order valence-corrected chi connectivity index (χ2v) is 7.32. The van der Waals surface area contributed by atoms with E-state index in [2.05, 4.69) is 31.0 Å². The number of nitro groups is 1. The second kappa shape index (κ2) is 7.55. The first-order valence-electron chi connectivity index (χ1n) is 6.66. The predicted octanol–water partition coefficient (Wildman–Crippen LogP) is 1.39. The van der Waals surface area contributed by atoms with Gasteiger partial charge in [-0.05, 0) is 28.1 Å². The van der Waals surface area contributed by atoms with Crippen LogP contribution in [0.5, 0.6) is 0 Å². The fraction of sp³-hybridized carbons (Fsp3) is 0.154. The molecule has 24 heavy (non-hydrogen) atoms. The zero-order valence-electron chi connectivity index (χ0n) is 12.2. The van der Waals surface area contributed by atoms with E-state index in [9.17, 15) is 23.3 Å². The summed E-state index contributed by atoms with van der Waals surface area (Å²) in [5, 5.41) is 13.2. The van der Waals surface area contributed by atoms with E-state index in [1.54, 1.807) is 12.3 Å². The zero-order chi connectivity index (χ0) is 17.7. The van der Waals surface area contributed by atoms with Gasteiger partial charge in [0.2, 0.25) is 10.0 Å². The van der Waals surface area contributed by atoms with Crippen molar-refractivity contribution in [1.29, 1.82) is 0 Å². The van der Waals surface area contributed by atoms with Gasteiger partial charge in [-0.25, -0.2) is 13.1 Å². The highest BCUT2D eigenvalue weighted by Crippen LogP contribution is 2.16. The van der Waals surface area contributed by atoms with E-state index < -0.39 is 14.9 Å². The van der Waals surface area contributed by atoms with Crippen LogP contribution in [0.2, 0.25) is 0 Å². The number of non-ortho nitro benzene ring substituents is 1. The minimum Gasteiger partial charge on any atom is -0.356 e. The van der Waals surface area contributed by atoms with Gasteiger partial charge >= 0.3 is 0 Å². The van der Waals surface area contributed by atoms with Crippen LogP contribution in [0, 0.1) is 10.1 Å². The number of hydrogen-bond acceptors (Lipinski definition) is 5. The van der Waals surface area contributed by atoms with Gasteiger partial charge in [-0.1, -0.05) is 6.07 Å². The van der Waals surface area contributed by atoms with Gasteiger partial charge in [-0.15, -0.1) is 0 Å². The normalized spacial score (nSPS) is 11.2. The fourth-order valence-electron chi connectivity index (χ4n) is 1.80. The molecule has 1 aromatic carbocycles. The van der Waals surface area contributed by atoms with Crippen molar-refractivity contribution >= 4 is 37.5 Å². The summed E-state index contributed by atoms with van der Waals surface area (Å²) in [4.78, 5) is 24.3. The number of amides is 1. The summed E-state index contributed by atoms with van der Waals surface area (Å²) in [6.07, 6.45) is 1.60. The Hall–Kier alpha value is -2.24. The largest absolute Gasteiger partial charge is 0.356 e. The molecule has 1 amide bonds. The zero-order valence-corrected chi connectivity index (χ0v) is 14.6. The number of aromatic nitrogens is 1. The lowest BCUT2D eigenvalue weighted by molar-refractivity contribution is -0.385. The SMILES string of the molecule is O=C(NCCNS(=O)(=O)c1cccc([N+](=O)[O-])c1)c1cc(Br)c[nH]1. The maximum absolute atomic E-state index is 12.1. The Kier molecular flexibility index (Phi) is 5.70. The maximum atomic E-state index is 12.1. The highest BCUT2D eigenvalue weighted by atomic mass is 79.9. The van der Waals surface area contributed by atoms with Crippen molar-refractivity contribution in [2.75, 3.05) is 13.1 Å². The molecule has 0 aliphatic heterocycles. The summed E-state index contributed by atoms with van der Waals surface area (Å²) in [7, 11) is -3.90. The molecule has 1 heterocycles. The van der Waals surface area contributed by atoms with Crippen molar-refractivity contribution in [2.45, 2.75) is 4.90 Å². The van der Waals surface area contributed by atoms with E-state index in [1.165, 1.54) is 18.2 Å². The van der Waals surface area contributed by atoms with Crippen LogP contribution < -0.4 is 10.0 Å². The van der Waals surface area contributed by atoms with Crippen LogP contribution in [-0.2, 0) is 10.0 Å². The lowest BCUT2D eigenvalue weighted by atomic mass is 10.3. The van der Waals surface area contributed by atoms with Gasteiger partial charge in [0.15, 0.2) is 0 Å². The lowest BCUT2D eigenvalue weighted by Crippen LogP contribution is -2.34. The molecule has 0 unspecified atom stereocenters. The molecule has 0 aliphatic carbocycles. The molecule has 0 saturated heterocycles. The summed E-state index contributed by atoms with van der Waals surface area (Å²) in [5.41, 5.74) is 0.0203. The molecule has 128 valence electrons. The number of carbonyl (C=O) groups is 1. The van der Waals surface area contributed by atoms with Crippen molar-refractivity contribution in [3.8, 4) is 0 Å². The van der Waals surface area contributed by atoms with Crippen molar-refractivity contribution in [2.24, 2.45) is 0 Å². The maximum Gasteiger partial charge on any atom is 0.270 e. The van der Waals surface area contributed by atoms with Crippen molar-refractivity contribution in [3.63, 3.8) is 0 Å². The number of halogens is 1. The summed E-state index contributed by atoms with van der Waals surface area (Å²) < 4.78 is 27.1. The molecular formula is C13H13BrN4O5S. The Morgan fingerprint density at radius 3 is 2.67 bits per heavy atom. The molecule has 0 spiro atoms. The van der Waals surface area contributed by atoms with Gasteiger partial charge in [-0.2, -0.15) is 0 Å². The molecule has 1 aromatic heterocycles. The molecule has 2 aromatic rings. The topological polar surface area (TPSA) is 134 Å². The van der Waals surface area contributed by atoms with Crippen molar-refractivity contribution < 1.29 is 18.1 Å². The number of nitrogens with one attached hydrogen (secondary N) is 3. The van der Waals surface area contributed by atoms with Gasteiger partial charge in [-0.3, -0.25) is 14.9 Å². The quantitative estimate of drug-likeness (QED) is 0.356. The Balaban J connectivity index is 1.90. The van der Waals surface area contributed by atoms with E-state index in [0.29, 0.717) is 5.69 Å². The van der Waals surface area contributed by atoms with Crippen LogP contribution in [0.3, 0.4) is 0 Å².